The summed E-state index contributed by atoms with van der Waals surface area (Å²) in [5.74, 6) is -0.370. The summed E-state index contributed by atoms with van der Waals surface area (Å²) in [5, 5.41) is -0.120. The number of aromatic nitrogens is 2. The van der Waals surface area contributed by atoms with E-state index in [2.05, 4.69) is 88.3 Å². The second kappa shape index (κ2) is 11.9. The Morgan fingerprint density at radius 3 is 1.60 bits per heavy atom. The molecular weight excluding hydrogens is 644 g/mol. The maximum absolute atomic E-state index is 14.1. The Morgan fingerprint density at radius 2 is 1.21 bits per heavy atom. The summed E-state index contributed by atoms with van der Waals surface area (Å²) in [6.45, 7) is 4.09. The zero-order valence-electron chi connectivity index (χ0n) is 24.5. The molecule has 4 aromatic carbocycles. The van der Waals surface area contributed by atoms with Crippen molar-refractivity contribution in [2.75, 3.05) is 17.6 Å². The minimum atomic E-state index is -3.65. The van der Waals surface area contributed by atoms with Gasteiger partial charge in [-0.05, 0) is 0 Å². The molecule has 0 atom stereocenters. The molecule has 0 bridgehead atoms. The molecule has 5 rings (SSSR count). The minimum absolute atomic E-state index is 0.0725. The first-order chi connectivity index (χ1) is 20.4. The van der Waals surface area contributed by atoms with Gasteiger partial charge in [0.25, 0.3) is 0 Å². The third-order valence-corrected chi connectivity index (χ3v) is 18.4. The van der Waals surface area contributed by atoms with E-state index in [1.54, 1.807) is 12.1 Å². The van der Waals surface area contributed by atoms with Crippen LogP contribution < -0.4 is 20.2 Å². The van der Waals surface area contributed by atoms with E-state index in [1.807, 2.05) is 32.0 Å². The number of hydrogen-bond donors (Lipinski definition) is 0. The van der Waals surface area contributed by atoms with Gasteiger partial charge in [0, 0.05) is 0 Å². The number of rotatable bonds is 9. The Bertz CT molecular complexity index is 1740. The van der Waals surface area contributed by atoms with Crippen molar-refractivity contribution in [2.24, 2.45) is 0 Å². The molecule has 0 aliphatic carbocycles. The van der Waals surface area contributed by atoms with Gasteiger partial charge in [-0.15, -0.1) is 0 Å². The molecule has 0 amide bonds. The summed E-state index contributed by atoms with van der Waals surface area (Å²) < 4.78 is 40.5. The Kier molecular flexibility index (Phi) is 8.59. The number of sulfonamides is 1. The van der Waals surface area contributed by atoms with Gasteiger partial charge < -0.3 is 0 Å². The normalized spacial score (nSPS) is 13.0. The Balaban J connectivity index is 1.94. The topological polar surface area (TPSA) is 63.2 Å². The second-order valence-corrected chi connectivity index (χ2v) is 21.9. The zero-order valence-corrected chi connectivity index (χ0v) is 27.8. The van der Waals surface area contributed by atoms with Crippen LogP contribution in [-0.2, 0) is 16.2 Å². The molecule has 43 heavy (non-hydrogen) atoms. The quantitative estimate of drug-likeness (QED) is 0.156. The fourth-order valence-corrected chi connectivity index (χ4v) is 13.5. The van der Waals surface area contributed by atoms with Crippen molar-refractivity contribution < 1.29 is 12.8 Å². The third kappa shape index (κ3) is 5.76. The molecule has 0 fully saturated rings. The summed E-state index contributed by atoms with van der Waals surface area (Å²) in [6, 6.07) is 37.5. The van der Waals surface area contributed by atoms with E-state index in [4.69, 9.17) is 9.97 Å². The summed E-state index contributed by atoms with van der Waals surface area (Å²) in [4.78, 5) is 9.79. The molecule has 0 saturated carbocycles. The van der Waals surface area contributed by atoms with Crippen LogP contribution >= 0.6 is 20.8 Å². The summed E-state index contributed by atoms with van der Waals surface area (Å²) >= 11 is 4.54. The second-order valence-electron chi connectivity index (χ2n) is 11.0. The maximum atomic E-state index is 14.1. The van der Waals surface area contributed by atoms with Gasteiger partial charge in [0.15, 0.2) is 0 Å². The molecular formula is C34H34BrFN3O2PS. The molecule has 0 N–H and O–H groups in total. The standard InChI is InChI=1S/C34H34BrFN3O2PS/c1-25(2)32-31(33(26-20-22-27(36)23-21-26)38-34(37-32)39(3)43(4,40)41)24-42(35,28-14-8-5-9-15-28,29-16-10-6-11-17-29)30-18-12-7-13-19-30/h5-23,25H,24H2,1-4H3. The van der Waals surface area contributed by atoms with Crippen LogP contribution in [0.25, 0.3) is 11.3 Å². The first-order valence-corrected chi connectivity index (χ1v) is 20.2. The molecule has 222 valence electrons. The Labute approximate surface area is 261 Å². The van der Waals surface area contributed by atoms with E-state index < -0.39 is 15.3 Å². The van der Waals surface area contributed by atoms with E-state index in [0.717, 1.165) is 37.7 Å². The van der Waals surface area contributed by atoms with Crippen LogP contribution in [-0.4, -0.2) is 31.7 Å². The molecule has 0 aliphatic rings. The Hall–Kier alpha value is -3.45. The number of anilines is 1. The van der Waals surface area contributed by atoms with Crippen LogP contribution in [0.15, 0.2) is 115 Å². The molecule has 0 unspecified atom stereocenters. The predicted octanol–water partition coefficient (Wildman–Crippen LogP) is 7.14. The summed E-state index contributed by atoms with van der Waals surface area (Å²) in [5.41, 5.74) is 2.85. The van der Waals surface area contributed by atoms with Crippen molar-refractivity contribution in [3.63, 3.8) is 0 Å². The first kappa shape index (κ1) is 31.0. The van der Waals surface area contributed by atoms with Gasteiger partial charge in [-0.3, -0.25) is 0 Å². The summed E-state index contributed by atoms with van der Waals surface area (Å²) in [7, 11) is -2.20. The van der Waals surface area contributed by atoms with Crippen molar-refractivity contribution >= 4 is 52.7 Å². The van der Waals surface area contributed by atoms with Crippen molar-refractivity contribution in [1.29, 1.82) is 0 Å². The van der Waals surface area contributed by atoms with E-state index in [1.165, 1.54) is 19.2 Å². The van der Waals surface area contributed by atoms with Crippen LogP contribution in [0.2, 0.25) is 0 Å². The van der Waals surface area contributed by atoms with Gasteiger partial charge in [-0.25, -0.2) is 0 Å². The SMILES string of the molecule is CC(C)c1nc(N(C)S(C)(=O)=O)nc(-c2ccc(F)cc2)c1CP(Br)(c1ccccc1)(c1ccccc1)c1ccccc1. The number of nitrogens with zero attached hydrogens (tertiary/aromatic N) is 3. The van der Waals surface area contributed by atoms with Gasteiger partial charge in [0.1, 0.15) is 0 Å². The van der Waals surface area contributed by atoms with E-state index in [-0.39, 0.29) is 17.7 Å². The molecule has 5 nitrogen and oxygen atoms in total. The Morgan fingerprint density at radius 1 is 0.767 bits per heavy atom. The summed E-state index contributed by atoms with van der Waals surface area (Å²) in [6.07, 6.45) is 1.62. The predicted molar refractivity (Wildman–Crippen MR) is 183 cm³/mol. The van der Waals surface area contributed by atoms with Crippen LogP contribution in [0.4, 0.5) is 10.3 Å². The monoisotopic (exact) mass is 677 g/mol. The number of hydrogen-bond acceptors (Lipinski definition) is 4. The van der Waals surface area contributed by atoms with Crippen LogP contribution in [0, 0.1) is 5.82 Å². The van der Waals surface area contributed by atoms with Crippen molar-refractivity contribution in [1.82, 2.24) is 9.97 Å². The van der Waals surface area contributed by atoms with Crippen molar-refractivity contribution in [2.45, 2.75) is 25.9 Å². The fourth-order valence-electron chi connectivity index (χ4n) is 5.49. The molecule has 9 heteroatoms. The van der Waals surface area contributed by atoms with E-state index in [9.17, 15) is 12.8 Å². The first-order valence-electron chi connectivity index (χ1n) is 13.9. The van der Waals surface area contributed by atoms with Crippen molar-refractivity contribution in [3.05, 3.63) is 132 Å². The average Bonchev–Trinajstić information content (AvgIpc) is 3.02. The van der Waals surface area contributed by atoms with E-state index >= 15 is 0 Å². The third-order valence-electron chi connectivity index (χ3n) is 7.81. The molecule has 0 radical (unpaired) electrons. The molecule has 0 saturated heterocycles. The van der Waals surface area contributed by atoms with Crippen molar-refractivity contribution in [3.8, 4) is 11.3 Å². The molecule has 1 aromatic heterocycles. The van der Waals surface area contributed by atoms with Gasteiger partial charge in [0.2, 0.25) is 0 Å². The fraction of sp³-hybridized carbons (Fsp3) is 0.176. The number of benzene rings is 4. The zero-order chi connectivity index (χ0) is 30.9. The van der Waals surface area contributed by atoms with Crippen LogP contribution in [0.1, 0.15) is 31.0 Å². The molecule has 1 heterocycles. The molecule has 0 aliphatic heterocycles. The van der Waals surface area contributed by atoms with Gasteiger partial charge in [-0.2, -0.15) is 0 Å². The number of halogens is 2. The van der Waals surface area contributed by atoms with Crippen LogP contribution in [0.3, 0.4) is 0 Å². The molecule has 0 spiro atoms. The van der Waals surface area contributed by atoms with Gasteiger partial charge in [-0.1, -0.05) is 0 Å². The average molecular weight is 679 g/mol. The molecule has 5 aromatic rings. The van der Waals surface area contributed by atoms with Gasteiger partial charge >= 0.3 is 263 Å². The van der Waals surface area contributed by atoms with Gasteiger partial charge in [0.05, 0.1) is 0 Å². The van der Waals surface area contributed by atoms with Crippen LogP contribution in [0.5, 0.6) is 0 Å². The van der Waals surface area contributed by atoms with E-state index in [0.29, 0.717) is 17.4 Å².